The maximum atomic E-state index is 11.9. The Morgan fingerprint density at radius 2 is 2.06 bits per heavy atom. The van der Waals surface area contributed by atoms with Crippen LogP contribution in [0.2, 0.25) is 0 Å². The van der Waals surface area contributed by atoms with Crippen LogP contribution in [-0.4, -0.2) is 49.2 Å². The van der Waals surface area contributed by atoms with Crippen molar-refractivity contribution in [1.82, 2.24) is 29.5 Å². The Labute approximate surface area is 181 Å². The molecule has 3 heterocycles. The molecule has 1 fully saturated rings. The molecule has 4 rings (SSSR count). The van der Waals surface area contributed by atoms with Gasteiger partial charge in [-0.3, -0.25) is 4.68 Å². The molecule has 164 valence electrons. The lowest BCUT2D eigenvalue weighted by Crippen LogP contribution is -2.27. The first-order valence-electron chi connectivity index (χ1n) is 10.6. The van der Waals surface area contributed by atoms with E-state index in [0.717, 1.165) is 24.8 Å². The van der Waals surface area contributed by atoms with Crippen LogP contribution in [0.5, 0.6) is 5.88 Å². The van der Waals surface area contributed by atoms with Crippen LogP contribution in [0.1, 0.15) is 56.4 Å². The maximum Gasteiger partial charge on any atom is 0.341 e. The summed E-state index contributed by atoms with van der Waals surface area (Å²) in [7, 11) is 1.58. The third-order valence-electron chi connectivity index (χ3n) is 6.06. The summed E-state index contributed by atoms with van der Waals surface area (Å²) in [6.07, 6.45) is 7.98. The molecule has 0 unspecified atom stereocenters. The summed E-state index contributed by atoms with van der Waals surface area (Å²) in [6, 6.07) is 0.219. The quantitative estimate of drug-likeness (QED) is 0.439. The first-order valence-corrected chi connectivity index (χ1v) is 10.6. The molecule has 3 aromatic rings. The third-order valence-corrected chi connectivity index (χ3v) is 6.06. The van der Waals surface area contributed by atoms with E-state index in [1.165, 1.54) is 16.5 Å². The van der Waals surface area contributed by atoms with Gasteiger partial charge in [-0.2, -0.15) is 15.2 Å². The van der Waals surface area contributed by atoms with E-state index < -0.39 is 5.97 Å². The monoisotopic (exact) mass is 424 g/mol. The number of carbonyl (C=O) groups is 1. The molecule has 0 bridgehead atoms. The van der Waals surface area contributed by atoms with Gasteiger partial charge in [0.2, 0.25) is 5.88 Å². The van der Waals surface area contributed by atoms with Crippen LogP contribution < -0.4 is 4.74 Å². The number of aromatic nitrogens is 6. The number of fused-ring (bicyclic) bond motifs is 1. The predicted octanol–water partition coefficient (Wildman–Crippen LogP) is 3.75. The van der Waals surface area contributed by atoms with E-state index in [1.807, 2.05) is 4.68 Å². The molecule has 1 aliphatic rings. The summed E-state index contributed by atoms with van der Waals surface area (Å²) in [6.45, 7) is 10.6. The standard InChI is InChI=1S/C22H28N6O3/c1-6-31-21(29)16-10-23-27(12-16)22-25-17-11-24-28(19(17)20(26-22)30-5)18-9-15(13(2)3)8-7-14(18)4/h10-12,14-15,18H,2,6-9H2,1,3-5H3/t14-,15-,18+/m0/s1. The van der Waals surface area contributed by atoms with Crippen molar-refractivity contribution in [2.45, 2.75) is 46.1 Å². The molecule has 31 heavy (non-hydrogen) atoms. The number of rotatable bonds is 6. The highest BCUT2D eigenvalue weighted by Gasteiger charge is 2.32. The van der Waals surface area contributed by atoms with E-state index in [0.29, 0.717) is 41.4 Å². The molecule has 0 N–H and O–H groups in total. The fraction of sp³-hybridized carbons (Fsp3) is 0.500. The minimum absolute atomic E-state index is 0.219. The normalized spacial score (nSPS) is 21.2. The third kappa shape index (κ3) is 3.92. The van der Waals surface area contributed by atoms with Crippen molar-refractivity contribution >= 4 is 17.0 Å². The van der Waals surface area contributed by atoms with Crippen molar-refractivity contribution in [3.8, 4) is 11.8 Å². The molecule has 9 nitrogen and oxygen atoms in total. The number of carbonyl (C=O) groups excluding carboxylic acids is 1. The highest BCUT2D eigenvalue weighted by molar-refractivity contribution is 5.88. The molecule has 3 atom stereocenters. The lowest BCUT2D eigenvalue weighted by molar-refractivity contribution is 0.0526. The molecule has 0 aromatic carbocycles. The van der Waals surface area contributed by atoms with E-state index in [4.69, 9.17) is 9.47 Å². The first kappa shape index (κ1) is 21.0. The van der Waals surface area contributed by atoms with Gasteiger partial charge < -0.3 is 9.47 Å². The molecule has 1 aliphatic carbocycles. The van der Waals surface area contributed by atoms with Gasteiger partial charge in [-0.25, -0.2) is 14.5 Å². The zero-order chi connectivity index (χ0) is 22.1. The van der Waals surface area contributed by atoms with Gasteiger partial charge in [-0.15, -0.1) is 0 Å². The molecule has 9 heteroatoms. The molecule has 0 amide bonds. The van der Waals surface area contributed by atoms with Crippen molar-refractivity contribution in [2.75, 3.05) is 13.7 Å². The van der Waals surface area contributed by atoms with Gasteiger partial charge in [0.1, 0.15) is 11.0 Å². The van der Waals surface area contributed by atoms with Crippen LogP contribution in [0.3, 0.4) is 0 Å². The summed E-state index contributed by atoms with van der Waals surface area (Å²) < 4.78 is 14.1. The first-order chi connectivity index (χ1) is 14.9. The SMILES string of the molecule is C=C(C)[C@H]1CC[C@H](C)[C@H](n2ncc3nc(-n4cc(C(=O)OCC)cn4)nc(OC)c32)C1. The van der Waals surface area contributed by atoms with Crippen molar-refractivity contribution in [1.29, 1.82) is 0 Å². The maximum absolute atomic E-state index is 11.9. The molecule has 1 saturated carbocycles. The largest absolute Gasteiger partial charge is 0.479 e. The molecule has 0 radical (unpaired) electrons. The van der Waals surface area contributed by atoms with Crippen LogP contribution >= 0.6 is 0 Å². The fourth-order valence-corrected chi connectivity index (χ4v) is 4.25. The van der Waals surface area contributed by atoms with Crippen LogP contribution in [-0.2, 0) is 4.74 Å². The minimum atomic E-state index is -0.437. The van der Waals surface area contributed by atoms with E-state index in [-0.39, 0.29) is 6.04 Å². The summed E-state index contributed by atoms with van der Waals surface area (Å²) >= 11 is 0. The molecular weight excluding hydrogens is 396 g/mol. The molecular formula is C22H28N6O3. The Morgan fingerprint density at radius 3 is 2.77 bits per heavy atom. The Kier molecular flexibility index (Phi) is 5.75. The minimum Gasteiger partial charge on any atom is -0.479 e. The van der Waals surface area contributed by atoms with Gasteiger partial charge in [-0.1, -0.05) is 19.1 Å². The average Bonchev–Trinajstić information content (AvgIpc) is 3.41. The number of ether oxygens (including phenoxy) is 2. The lowest BCUT2D eigenvalue weighted by Gasteiger charge is -2.35. The second kappa shape index (κ2) is 8.49. The topological polar surface area (TPSA) is 97.0 Å². The van der Waals surface area contributed by atoms with Gasteiger partial charge >= 0.3 is 5.97 Å². The smallest absolute Gasteiger partial charge is 0.341 e. The second-order valence-corrected chi connectivity index (χ2v) is 8.15. The molecule has 3 aromatic heterocycles. The van der Waals surface area contributed by atoms with Gasteiger partial charge in [0.05, 0.1) is 37.7 Å². The number of hydrogen-bond acceptors (Lipinski definition) is 7. The number of methoxy groups -OCH3 is 1. The molecule has 0 spiro atoms. The van der Waals surface area contributed by atoms with E-state index in [2.05, 4.69) is 40.6 Å². The highest BCUT2D eigenvalue weighted by atomic mass is 16.5. The Hall–Kier alpha value is -3.23. The summed E-state index contributed by atoms with van der Waals surface area (Å²) in [5, 5.41) is 8.87. The van der Waals surface area contributed by atoms with Gasteiger partial charge in [-0.05, 0) is 44.9 Å². The van der Waals surface area contributed by atoms with Gasteiger partial charge in [0.15, 0.2) is 0 Å². The zero-order valence-electron chi connectivity index (χ0n) is 18.4. The molecule has 0 aliphatic heterocycles. The predicted molar refractivity (Wildman–Crippen MR) is 115 cm³/mol. The van der Waals surface area contributed by atoms with Crippen LogP contribution in [0.4, 0.5) is 0 Å². The van der Waals surface area contributed by atoms with Crippen molar-refractivity contribution in [2.24, 2.45) is 11.8 Å². The summed E-state index contributed by atoms with van der Waals surface area (Å²) in [5.74, 6) is 1.25. The van der Waals surface area contributed by atoms with Crippen LogP contribution in [0, 0.1) is 11.8 Å². The second-order valence-electron chi connectivity index (χ2n) is 8.15. The van der Waals surface area contributed by atoms with E-state index >= 15 is 0 Å². The lowest BCUT2D eigenvalue weighted by atomic mass is 9.76. The van der Waals surface area contributed by atoms with Gasteiger partial charge in [0, 0.05) is 6.20 Å². The van der Waals surface area contributed by atoms with Crippen LogP contribution in [0.25, 0.3) is 17.0 Å². The van der Waals surface area contributed by atoms with Crippen molar-refractivity contribution in [3.05, 3.63) is 36.3 Å². The molecule has 0 saturated heterocycles. The van der Waals surface area contributed by atoms with Crippen molar-refractivity contribution < 1.29 is 14.3 Å². The number of esters is 1. The van der Waals surface area contributed by atoms with E-state index in [9.17, 15) is 4.79 Å². The Morgan fingerprint density at radius 1 is 1.26 bits per heavy atom. The number of hydrogen-bond donors (Lipinski definition) is 0. The fourth-order valence-electron chi connectivity index (χ4n) is 4.25. The van der Waals surface area contributed by atoms with E-state index in [1.54, 1.807) is 26.4 Å². The zero-order valence-corrected chi connectivity index (χ0v) is 18.4. The Bertz CT molecular complexity index is 1120. The number of allylic oxidation sites excluding steroid dienone is 1. The van der Waals surface area contributed by atoms with Crippen molar-refractivity contribution in [3.63, 3.8) is 0 Å². The summed E-state index contributed by atoms with van der Waals surface area (Å²) in [5.41, 5.74) is 2.99. The summed E-state index contributed by atoms with van der Waals surface area (Å²) in [4.78, 5) is 21.1. The van der Waals surface area contributed by atoms with Crippen LogP contribution in [0.15, 0.2) is 30.7 Å². The average molecular weight is 425 g/mol. The highest BCUT2D eigenvalue weighted by Crippen LogP contribution is 2.41. The van der Waals surface area contributed by atoms with Gasteiger partial charge in [0.25, 0.3) is 5.95 Å². The Balaban J connectivity index is 1.72. The number of nitrogens with zero attached hydrogens (tertiary/aromatic N) is 6.